The van der Waals surface area contributed by atoms with Gasteiger partial charge in [0.1, 0.15) is 0 Å². The lowest BCUT2D eigenvalue weighted by molar-refractivity contribution is -0.124. The van der Waals surface area contributed by atoms with Crippen LogP contribution in [0.15, 0.2) is 29.2 Å². The van der Waals surface area contributed by atoms with Crippen molar-refractivity contribution in [1.82, 2.24) is 10.4 Å². The second-order valence-electron chi connectivity index (χ2n) is 4.51. The van der Waals surface area contributed by atoms with Crippen molar-refractivity contribution in [3.8, 4) is 0 Å². The van der Waals surface area contributed by atoms with Crippen LogP contribution in [0.25, 0.3) is 6.08 Å². The van der Waals surface area contributed by atoms with Crippen LogP contribution < -0.4 is 10.3 Å². The molecule has 1 aromatic carbocycles. The highest BCUT2D eigenvalue weighted by Gasteiger charge is 2.31. The maximum absolute atomic E-state index is 12.2. The zero-order chi connectivity index (χ0) is 14.7. The Labute approximate surface area is 128 Å². The fourth-order valence-corrected chi connectivity index (χ4v) is 3.00. The molecule has 1 N–H and O–H groups in total. The van der Waals surface area contributed by atoms with Gasteiger partial charge in [-0.3, -0.25) is 4.79 Å². The van der Waals surface area contributed by atoms with E-state index in [4.69, 9.17) is 12.2 Å². The maximum atomic E-state index is 12.2. The van der Waals surface area contributed by atoms with Crippen molar-refractivity contribution < 1.29 is 4.79 Å². The molecule has 0 unspecified atom stereocenters. The molecular formula is C14H17N3OS2. The SMILES string of the molecule is CCNN1C(=O)/C(=C\c2ccc(N(C)C)cc2)SC1=S. The van der Waals surface area contributed by atoms with Crippen LogP contribution in [0.3, 0.4) is 0 Å². The minimum absolute atomic E-state index is 0.0847. The number of thioether (sulfide) groups is 1. The van der Waals surface area contributed by atoms with Crippen molar-refractivity contribution in [2.45, 2.75) is 6.92 Å². The number of nitrogens with one attached hydrogen (secondary N) is 1. The van der Waals surface area contributed by atoms with E-state index in [0.717, 1.165) is 11.3 Å². The van der Waals surface area contributed by atoms with E-state index < -0.39 is 0 Å². The number of hydrazine groups is 1. The van der Waals surface area contributed by atoms with E-state index in [-0.39, 0.29) is 5.91 Å². The van der Waals surface area contributed by atoms with Gasteiger partial charge in [-0.15, -0.1) is 0 Å². The fraction of sp³-hybridized carbons (Fsp3) is 0.286. The van der Waals surface area contributed by atoms with Crippen LogP contribution >= 0.6 is 24.0 Å². The van der Waals surface area contributed by atoms with Crippen LogP contribution in [0.4, 0.5) is 5.69 Å². The Kier molecular flexibility index (Phi) is 4.80. The van der Waals surface area contributed by atoms with Gasteiger partial charge in [-0.05, 0) is 23.8 Å². The molecule has 6 heteroatoms. The molecule has 1 amide bonds. The Bertz CT molecular complexity index is 552. The van der Waals surface area contributed by atoms with Gasteiger partial charge in [0, 0.05) is 26.3 Å². The smallest absolute Gasteiger partial charge is 0.280 e. The van der Waals surface area contributed by atoms with Crippen LogP contribution in [0.5, 0.6) is 0 Å². The first-order valence-corrected chi connectivity index (χ1v) is 7.54. The average molecular weight is 307 g/mol. The van der Waals surface area contributed by atoms with E-state index >= 15 is 0 Å². The zero-order valence-corrected chi connectivity index (χ0v) is 13.3. The summed E-state index contributed by atoms with van der Waals surface area (Å²) in [5.41, 5.74) is 5.08. The van der Waals surface area contributed by atoms with Gasteiger partial charge in [-0.25, -0.2) is 10.4 Å². The number of thiocarbonyl (C=S) groups is 1. The van der Waals surface area contributed by atoms with Gasteiger partial charge in [-0.2, -0.15) is 0 Å². The van der Waals surface area contributed by atoms with Crippen molar-refractivity contribution in [2.24, 2.45) is 0 Å². The Morgan fingerprint density at radius 1 is 1.35 bits per heavy atom. The molecule has 0 atom stereocenters. The highest BCUT2D eigenvalue weighted by atomic mass is 32.2. The number of carbonyl (C=O) groups is 1. The Hall–Kier alpha value is -1.37. The molecule has 1 saturated heterocycles. The molecule has 1 aliphatic heterocycles. The monoisotopic (exact) mass is 307 g/mol. The van der Waals surface area contributed by atoms with Gasteiger partial charge in [0.2, 0.25) is 0 Å². The third-order valence-corrected chi connectivity index (χ3v) is 4.12. The molecule has 4 nitrogen and oxygen atoms in total. The van der Waals surface area contributed by atoms with E-state index in [2.05, 4.69) is 5.43 Å². The van der Waals surface area contributed by atoms with Crippen LogP contribution in [0.1, 0.15) is 12.5 Å². The second-order valence-corrected chi connectivity index (χ2v) is 6.19. The molecule has 1 fully saturated rings. The van der Waals surface area contributed by atoms with Crippen LogP contribution in [-0.2, 0) is 4.79 Å². The predicted octanol–water partition coefficient (Wildman–Crippen LogP) is 2.48. The molecule has 20 heavy (non-hydrogen) atoms. The Morgan fingerprint density at radius 3 is 2.55 bits per heavy atom. The Morgan fingerprint density at radius 2 is 2.00 bits per heavy atom. The molecule has 0 aromatic heterocycles. The molecule has 1 heterocycles. The number of hydrogen-bond acceptors (Lipinski definition) is 5. The first kappa shape index (κ1) is 15.0. The number of carbonyl (C=O) groups excluding carboxylic acids is 1. The number of hydrogen-bond donors (Lipinski definition) is 1. The first-order valence-electron chi connectivity index (χ1n) is 6.31. The lowest BCUT2D eigenvalue weighted by Gasteiger charge is -2.13. The highest BCUT2D eigenvalue weighted by molar-refractivity contribution is 8.26. The summed E-state index contributed by atoms with van der Waals surface area (Å²) in [5, 5.41) is 1.43. The molecule has 106 valence electrons. The molecular weight excluding hydrogens is 290 g/mol. The standard InChI is InChI=1S/C14H17N3OS2/c1-4-15-17-13(18)12(20-14(17)19)9-10-5-7-11(8-6-10)16(2)3/h5-9,15H,4H2,1-3H3/b12-9+. The third kappa shape index (κ3) is 3.20. The van der Waals surface area contributed by atoms with Gasteiger partial charge < -0.3 is 4.90 Å². The molecule has 0 saturated carbocycles. The van der Waals surface area contributed by atoms with Crippen LogP contribution in [-0.4, -0.2) is 35.9 Å². The van der Waals surface area contributed by atoms with Crippen LogP contribution in [0.2, 0.25) is 0 Å². The summed E-state index contributed by atoms with van der Waals surface area (Å²) in [5.74, 6) is -0.0847. The number of rotatable bonds is 4. The summed E-state index contributed by atoms with van der Waals surface area (Å²) in [6.45, 7) is 2.60. The summed E-state index contributed by atoms with van der Waals surface area (Å²) >= 11 is 6.51. The molecule has 1 aliphatic rings. The lowest BCUT2D eigenvalue weighted by atomic mass is 10.2. The van der Waals surface area contributed by atoms with Crippen molar-refractivity contribution >= 4 is 46.0 Å². The molecule has 2 rings (SSSR count). The van der Waals surface area contributed by atoms with E-state index in [1.165, 1.54) is 16.8 Å². The van der Waals surface area contributed by atoms with Gasteiger partial charge in [-0.1, -0.05) is 43.0 Å². The van der Waals surface area contributed by atoms with Crippen molar-refractivity contribution in [1.29, 1.82) is 0 Å². The molecule has 0 bridgehead atoms. The largest absolute Gasteiger partial charge is 0.378 e. The summed E-state index contributed by atoms with van der Waals surface area (Å²) in [6, 6.07) is 8.04. The maximum Gasteiger partial charge on any atom is 0.280 e. The van der Waals surface area contributed by atoms with Crippen molar-refractivity contribution in [3.63, 3.8) is 0 Å². The van der Waals surface area contributed by atoms with Gasteiger partial charge in [0.05, 0.1) is 4.91 Å². The van der Waals surface area contributed by atoms with Gasteiger partial charge in [0.25, 0.3) is 5.91 Å². The van der Waals surface area contributed by atoms with E-state index in [9.17, 15) is 4.79 Å². The quantitative estimate of drug-likeness (QED) is 0.683. The number of benzene rings is 1. The summed E-state index contributed by atoms with van der Waals surface area (Å²) in [6.07, 6.45) is 1.87. The van der Waals surface area contributed by atoms with E-state index in [1.807, 2.05) is 56.3 Å². The third-order valence-electron chi connectivity index (χ3n) is 2.82. The summed E-state index contributed by atoms with van der Waals surface area (Å²) in [7, 11) is 3.99. The topological polar surface area (TPSA) is 35.6 Å². The number of amides is 1. The normalized spacial score (nSPS) is 17.1. The molecule has 1 aromatic rings. The zero-order valence-electron chi connectivity index (χ0n) is 11.7. The van der Waals surface area contributed by atoms with Crippen molar-refractivity contribution in [2.75, 3.05) is 25.5 Å². The second kappa shape index (κ2) is 6.39. The lowest BCUT2D eigenvalue weighted by Crippen LogP contribution is -2.40. The molecule has 0 aliphatic carbocycles. The molecule has 0 radical (unpaired) electrons. The highest BCUT2D eigenvalue weighted by Crippen LogP contribution is 2.31. The predicted molar refractivity (Wildman–Crippen MR) is 89.5 cm³/mol. The fourth-order valence-electron chi connectivity index (χ4n) is 1.78. The average Bonchev–Trinajstić information content (AvgIpc) is 2.67. The van der Waals surface area contributed by atoms with Gasteiger partial charge >= 0.3 is 0 Å². The van der Waals surface area contributed by atoms with Crippen LogP contribution in [0, 0.1) is 0 Å². The van der Waals surface area contributed by atoms with E-state index in [0.29, 0.717) is 15.8 Å². The minimum Gasteiger partial charge on any atom is -0.378 e. The van der Waals surface area contributed by atoms with Crippen molar-refractivity contribution in [3.05, 3.63) is 34.7 Å². The minimum atomic E-state index is -0.0847. The first-order chi connectivity index (χ1) is 9.52. The van der Waals surface area contributed by atoms with E-state index in [1.54, 1.807) is 0 Å². The number of nitrogens with zero attached hydrogens (tertiary/aromatic N) is 2. The molecule has 0 spiro atoms. The number of anilines is 1. The van der Waals surface area contributed by atoms with Gasteiger partial charge in [0.15, 0.2) is 4.32 Å². The Balaban J connectivity index is 2.19. The summed E-state index contributed by atoms with van der Waals surface area (Å²) in [4.78, 5) is 14.8. The summed E-state index contributed by atoms with van der Waals surface area (Å²) < 4.78 is 0.549.